The van der Waals surface area contributed by atoms with Gasteiger partial charge in [0.2, 0.25) is 0 Å². The molecule has 0 aliphatic rings. The molecular formula is C12H13NO3. The second-order valence-corrected chi connectivity index (χ2v) is 3.54. The van der Waals surface area contributed by atoms with Gasteiger partial charge in [-0.25, -0.2) is 4.79 Å². The lowest BCUT2D eigenvalue weighted by atomic mass is 9.92. The van der Waals surface area contributed by atoms with Gasteiger partial charge < -0.3 is 10.2 Å². The number of carbonyl (C=O) groups is 1. The average molecular weight is 219 g/mol. The van der Waals surface area contributed by atoms with Crippen LogP contribution in [0.15, 0.2) is 24.3 Å². The summed E-state index contributed by atoms with van der Waals surface area (Å²) in [5, 5.41) is 21.3. The Morgan fingerprint density at radius 2 is 2.31 bits per heavy atom. The van der Waals surface area contributed by atoms with Crippen molar-refractivity contribution in [3.8, 4) is 18.1 Å². The van der Waals surface area contributed by atoms with E-state index in [1.165, 1.54) is 19.1 Å². The van der Waals surface area contributed by atoms with Crippen molar-refractivity contribution in [2.75, 3.05) is 6.54 Å². The molecule has 1 aromatic rings. The lowest BCUT2D eigenvalue weighted by Gasteiger charge is -2.25. The van der Waals surface area contributed by atoms with Crippen LogP contribution in [0.2, 0.25) is 0 Å². The van der Waals surface area contributed by atoms with Crippen LogP contribution in [0.3, 0.4) is 0 Å². The second-order valence-electron chi connectivity index (χ2n) is 3.54. The predicted molar refractivity (Wildman–Crippen MR) is 59.9 cm³/mol. The van der Waals surface area contributed by atoms with E-state index in [0.717, 1.165) is 0 Å². The molecule has 0 aromatic heterocycles. The Kier molecular flexibility index (Phi) is 3.54. The molecule has 1 atom stereocenters. The fraction of sp³-hybridized carbons (Fsp3) is 0.250. The smallest absolute Gasteiger partial charge is 0.328 e. The van der Waals surface area contributed by atoms with Gasteiger partial charge in [-0.2, -0.15) is 0 Å². The van der Waals surface area contributed by atoms with E-state index >= 15 is 0 Å². The number of nitrogens with one attached hydrogen (secondary N) is 1. The molecule has 1 unspecified atom stereocenters. The van der Waals surface area contributed by atoms with Gasteiger partial charge in [0, 0.05) is 0 Å². The minimum atomic E-state index is -1.30. The third-order valence-electron chi connectivity index (χ3n) is 2.40. The Morgan fingerprint density at radius 1 is 1.62 bits per heavy atom. The van der Waals surface area contributed by atoms with Gasteiger partial charge in [-0.15, -0.1) is 6.42 Å². The second kappa shape index (κ2) is 4.69. The number of carboxylic acids is 1. The third kappa shape index (κ3) is 2.33. The molecule has 4 heteroatoms. The van der Waals surface area contributed by atoms with E-state index in [2.05, 4.69) is 11.2 Å². The number of aromatic hydroxyl groups is 1. The van der Waals surface area contributed by atoms with E-state index in [0.29, 0.717) is 5.56 Å². The van der Waals surface area contributed by atoms with Crippen molar-refractivity contribution in [3.63, 3.8) is 0 Å². The van der Waals surface area contributed by atoms with Gasteiger partial charge in [0.1, 0.15) is 11.3 Å². The summed E-state index contributed by atoms with van der Waals surface area (Å²) < 4.78 is 0. The van der Waals surface area contributed by atoms with E-state index in [4.69, 9.17) is 6.42 Å². The largest absolute Gasteiger partial charge is 0.508 e. The van der Waals surface area contributed by atoms with Crippen molar-refractivity contribution >= 4 is 5.97 Å². The van der Waals surface area contributed by atoms with Gasteiger partial charge in [-0.1, -0.05) is 18.1 Å². The van der Waals surface area contributed by atoms with Crippen molar-refractivity contribution in [3.05, 3.63) is 29.8 Å². The molecule has 0 radical (unpaired) electrons. The minimum absolute atomic E-state index is 0.0208. The molecule has 0 aliphatic heterocycles. The van der Waals surface area contributed by atoms with Gasteiger partial charge >= 0.3 is 5.97 Å². The highest BCUT2D eigenvalue weighted by Gasteiger charge is 2.34. The summed E-state index contributed by atoms with van der Waals surface area (Å²) in [6.07, 6.45) is 5.09. The van der Waals surface area contributed by atoms with Crippen molar-refractivity contribution in [2.24, 2.45) is 0 Å². The highest BCUT2D eigenvalue weighted by Crippen LogP contribution is 2.24. The van der Waals surface area contributed by atoms with Crippen LogP contribution in [0.1, 0.15) is 12.5 Å². The zero-order valence-corrected chi connectivity index (χ0v) is 8.90. The Hall–Kier alpha value is -1.99. The number of hydrogen-bond acceptors (Lipinski definition) is 3. The number of phenols is 1. The Balaban J connectivity index is 3.12. The van der Waals surface area contributed by atoms with Gasteiger partial charge in [-0.3, -0.25) is 5.32 Å². The van der Waals surface area contributed by atoms with Gasteiger partial charge in [0.25, 0.3) is 0 Å². The Bertz CT molecular complexity index is 436. The topological polar surface area (TPSA) is 69.6 Å². The Labute approximate surface area is 93.9 Å². The predicted octanol–water partition coefficient (Wildman–Crippen LogP) is 0.915. The highest BCUT2D eigenvalue weighted by atomic mass is 16.4. The molecule has 0 fully saturated rings. The number of hydrogen-bond donors (Lipinski definition) is 3. The number of benzene rings is 1. The molecule has 84 valence electrons. The standard InChI is InChI=1S/C12H13NO3/c1-3-7-13-12(2,11(15)16)9-5-4-6-10(14)8-9/h1,4-6,8,13-14H,7H2,2H3,(H,15,16). The fourth-order valence-corrected chi connectivity index (χ4v) is 1.35. The van der Waals surface area contributed by atoms with E-state index < -0.39 is 11.5 Å². The summed E-state index contributed by atoms with van der Waals surface area (Å²) in [5.41, 5.74) is -0.847. The van der Waals surface area contributed by atoms with E-state index in [-0.39, 0.29) is 12.3 Å². The maximum absolute atomic E-state index is 11.2. The maximum Gasteiger partial charge on any atom is 0.328 e. The molecule has 0 amide bonds. The van der Waals surface area contributed by atoms with Crippen molar-refractivity contribution in [1.82, 2.24) is 5.32 Å². The lowest BCUT2D eigenvalue weighted by Crippen LogP contribution is -2.46. The van der Waals surface area contributed by atoms with Crippen LogP contribution in [0.4, 0.5) is 0 Å². The summed E-state index contributed by atoms with van der Waals surface area (Å²) in [7, 11) is 0. The first-order chi connectivity index (χ1) is 7.50. The lowest BCUT2D eigenvalue weighted by molar-refractivity contribution is -0.144. The summed E-state index contributed by atoms with van der Waals surface area (Å²) in [6.45, 7) is 1.64. The van der Waals surface area contributed by atoms with Crippen LogP contribution in [0.25, 0.3) is 0 Å². The molecular weight excluding hydrogens is 206 g/mol. The number of phenolic OH excluding ortho intramolecular Hbond substituents is 1. The van der Waals surface area contributed by atoms with E-state index in [1.807, 2.05) is 0 Å². The molecule has 0 bridgehead atoms. The monoisotopic (exact) mass is 219 g/mol. The van der Waals surface area contributed by atoms with E-state index in [9.17, 15) is 15.0 Å². The van der Waals surface area contributed by atoms with Gasteiger partial charge in [0.05, 0.1) is 6.54 Å². The normalized spacial score (nSPS) is 13.8. The zero-order valence-electron chi connectivity index (χ0n) is 8.90. The Morgan fingerprint density at radius 3 is 2.81 bits per heavy atom. The molecule has 0 saturated carbocycles. The van der Waals surface area contributed by atoms with Crippen molar-refractivity contribution in [2.45, 2.75) is 12.5 Å². The molecule has 1 aromatic carbocycles. The zero-order chi connectivity index (χ0) is 12.2. The summed E-state index contributed by atoms with van der Waals surface area (Å²) in [4.78, 5) is 11.2. The average Bonchev–Trinajstić information content (AvgIpc) is 2.25. The van der Waals surface area contributed by atoms with Gasteiger partial charge in [0.15, 0.2) is 0 Å². The summed E-state index contributed by atoms with van der Waals surface area (Å²) >= 11 is 0. The quantitative estimate of drug-likeness (QED) is 0.658. The number of terminal acetylenes is 1. The molecule has 0 saturated heterocycles. The molecule has 3 N–H and O–H groups in total. The first-order valence-electron chi connectivity index (χ1n) is 4.72. The molecule has 0 aliphatic carbocycles. The number of carboxylic acid groups (broad SMARTS) is 1. The fourth-order valence-electron chi connectivity index (χ4n) is 1.35. The maximum atomic E-state index is 11.2. The van der Waals surface area contributed by atoms with Crippen LogP contribution < -0.4 is 5.32 Å². The van der Waals surface area contributed by atoms with Crippen LogP contribution in [-0.4, -0.2) is 22.7 Å². The number of rotatable bonds is 4. The minimum Gasteiger partial charge on any atom is -0.508 e. The summed E-state index contributed by atoms with van der Waals surface area (Å²) in [6, 6.07) is 6.09. The SMILES string of the molecule is C#CCNC(C)(C(=O)O)c1cccc(O)c1. The first-order valence-corrected chi connectivity index (χ1v) is 4.72. The molecule has 16 heavy (non-hydrogen) atoms. The van der Waals surface area contributed by atoms with Gasteiger partial charge in [-0.05, 0) is 24.6 Å². The van der Waals surface area contributed by atoms with Crippen LogP contribution >= 0.6 is 0 Å². The molecule has 1 rings (SSSR count). The summed E-state index contributed by atoms with van der Waals surface area (Å²) in [5.74, 6) is 1.30. The molecule has 0 spiro atoms. The van der Waals surface area contributed by atoms with Crippen LogP contribution in [-0.2, 0) is 10.3 Å². The molecule has 0 heterocycles. The van der Waals surface area contributed by atoms with Crippen LogP contribution in [0.5, 0.6) is 5.75 Å². The van der Waals surface area contributed by atoms with Crippen molar-refractivity contribution in [1.29, 1.82) is 0 Å². The van der Waals surface area contributed by atoms with Crippen molar-refractivity contribution < 1.29 is 15.0 Å². The molecule has 4 nitrogen and oxygen atoms in total. The highest BCUT2D eigenvalue weighted by molar-refractivity contribution is 5.80. The third-order valence-corrected chi connectivity index (χ3v) is 2.40. The first kappa shape index (κ1) is 12.1. The number of aliphatic carboxylic acids is 1. The van der Waals surface area contributed by atoms with E-state index in [1.54, 1.807) is 12.1 Å². The van der Waals surface area contributed by atoms with Crippen LogP contribution in [0, 0.1) is 12.3 Å².